The SMILES string of the molecule is CC(C)(C)OC(=O)NC1(N)CC=CCC1. The van der Waals surface area contributed by atoms with E-state index in [1.165, 1.54) is 0 Å². The number of carbonyl (C=O) groups is 1. The molecule has 0 aromatic heterocycles. The Bertz CT molecular complexity index is 268. The molecule has 86 valence electrons. The lowest BCUT2D eigenvalue weighted by atomic mass is 9.95. The summed E-state index contributed by atoms with van der Waals surface area (Å²) in [7, 11) is 0. The molecule has 4 heteroatoms. The van der Waals surface area contributed by atoms with Gasteiger partial charge in [-0.05, 0) is 33.6 Å². The second-order valence-corrected chi connectivity index (χ2v) is 5.00. The standard InChI is InChI=1S/C11H20N2O2/c1-10(2,3)15-9(14)13-11(12)7-5-4-6-8-11/h4-5H,6-8,12H2,1-3H3,(H,13,14). The molecule has 0 saturated carbocycles. The minimum atomic E-state index is -0.642. The number of allylic oxidation sites excluding steroid dienone is 1. The number of nitrogens with one attached hydrogen (secondary N) is 1. The van der Waals surface area contributed by atoms with Gasteiger partial charge in [-0.15, -0.1) is 0 Å². The van der Waals surface area contributed by atoms with E-state index in [9.17, 15) is 4.79 Å². The predicted octanol–water partition coefficient (Wildman–Crippen LogP) is 1.91. The highest BCUT2D eigenvalue weighted by atomic mass is 16.6. The van der Waals surface area contributed by atoms with Crippen molar-refractivity contribution in [2.45, 2.75) is 51.3 Å². The molecule has 0 spiro atoms. The van der Waals surface area contributed by atoms with Crippen molar-refractivity contribution in [1.29, 1.82) is 0 Å². The Labute approximate surface area is 90.9 Å². The smallest absolute Gasteiger partial charge is 0.409 e. The summed E-state index contributed by atoms with van der Waals surface area (Å²) in [6, 6.07) is 0. The predicted molar refractivity (Wildman–Crippen MR) is 59.3 cm³/mol. The van der Waals surface area contributed by atoms with E-state index in [0.29, 0.717) is 6.42 Å². The van der Waals surface area contributed by atoms with E-state index in [4.69, 9.17) is 10.5 Å². The lowest BCUT2D eigenvalue weighted by Crippen LogP contribution is -2.57. The molecule has 0 radical (unpaired) electrons. The summed E-state index contributed by atoms with van der Waals surface area (Å²) < 4.78 is 5.15. The van der Waals surface area contributed by atoms with Gasteiger partial charge in [0, 0.05) is 6.42 Å². The molecule has 0 fully saturated rings. The summed E-state index contributed by atoms with van der Waals surface area (Å²) in [6.45, 7) is 5.49. The highest BCUT2D eigenvalue weighted by molar-refractivity contribution is 5.68. The number of nitrogens with two attached hydrogens (primary N) is 1. The first-order chi connectivity index (χ1) is 6.81. The molecule has 1 rings (SSSR count). The number of alkyl carbamates (subject to hydrolysis) is 1. The molecule has 0 heterocycles. The molecular weight excluding hydrogens is 192 g/mol. The highest BCUT2D eigenvalue weighted by Gasteiger charge is 2.29. The fourth-order valence-electron chi connectivity index (χ4n) is 1.47. The third-order valence-electron chi connectivity index (χ3n) is 2.16. The molecule has 1 aliphatic rings. The first-order valence-electron chi connectivity index (χ1n) is 5.26. The van der Waals surface area contributed by atoms with Crippen molar-refractivity contribution in [2.24, 2.45) is 5.73 Å². The van der Waals surface area contributed by atoms with Crippen molar-refractivity contribution in [3.05, 3.63) is 12.2 Å². The van der Waals surface area contributed by atoms with Crippen LogP contribution in [0.25, 0.3) is 0 Å². The molecule has 1 unspecified atom stereocenters. The molecule has 4 nitrogen and oxygen atoms in total. The van der Waals surface area contributed by atoms with Gasteiger partial charge in [0.25, 0.3) is 0 Å². The zero-order valence-electron chi connectivity index (χ0n) is 9.67. The van der Waals surface area contributed by atoms with Crippen molar-refractivity contribution in [1.82, 2.24) is 5.32 Å². The summed E-state index contributed by atoms with van der Waals surface area (Å²) in [5, 5.41) is 2.72. The maximum absolute atomic E-state index is 11.5. The molecular formula is C11H20N2O2. The quantitative estimate of drug-likeness (QED) is 0.515. The van der Waals surface area contributed by atoms with Gasteiger partial charge in [0.15, 0.2) is 0 Å². The van der Waals surface area contributed by atoms with Crippen molar-refractivity contribution >= 4 is 6.09 Å². The van der Waals surface area contributed by atoms with Crippen LogP contribution in [0.15, 0.2) is 12.2 Å². The normalized spacial score (nSPS) is 26.1. The Morgan fingerprint density at radius 2 is 2.13 bits per heavy atom. The Morgan fingerprint density at radius 1 is 1.47 bits per heavy atom. The first-order valence-corrected chi connectivity index (χ1v) is 5.26. The van der Waals surface area contributed by atoms with Crippen LogP contribution in [-0.4, -0.2) is 17.4 Å². The lowest BCUT2D eigenvalue weighted by Gasteiger charge is -2.32. The summed E-state index contributed by atoms with van der Waals surface area (Å²) in [5.74, 6) is 0. The van der Waals surface area contributed by atoms with E-state index in [1.807, 2.05) is 26.8 Å². The van der Waals surface area contributed by atoms with Gasteiger partial charge in [0.05, 0.1) is 5.66 Å². The van der Waals surface area contributed by atoms with Crippen LogP contribution in [0.2, 0.25) is 0 Å². The molecule has 3 N–H and O–H groups in total. The minimum Gasteiger partial charge on any atom is -0.444 e. The van der Waals surface area contributed by atoms with Gasteiger partial charge in [-0.2, -0.15) is 0 Å². The van der Waals surface area contributed by atoms with Crippen LogP contribution >= 0.6 is 0 Å². The van der Waals surface area contributed by atoms with E-state index >= 15 is 0 Å². The van der Waals surface area contributed by atoms with E-state index in [1.54, 1.807) is 0 Å². The van der Waals surface area contributed by atoms with Gasteiger partial charge in [0.1, 0.15) is 5.60 Å². The second kappa shape index (κ2) is 4.23. The second-order valence-electron chi connectivity index (χ2n) is 5.00. The Kier molecular flexibility index (Phi) is 3.39. The van der Waals surface area contributed by atoms with Crippen molar-refractivity contribution < 1.29 is 9.53 Å². The molecule has 0 aromatic rings. The maximum Gasteiger partial charge on any atom is 0.409 e. The van der Waals surface area contributed by atoms with Crippen LogP contribution < -0.4 is 11.1 Å². The summed E-state index contributed by atoms with van der Waals surface area (Å²) in [5.41, 5.74) is 4.89. The van der Waals surface area contributed by atoms with Gasteiger partial charge in [-0.3, -0.25) is 0 Å². The van der Waals surface area contributed by atoms with Crippen molar-refractivity contribution in [3.8, 4) is 0 Å². The Hall–Kier alpha value is -1.03. The van der Waals surface area contributed by atoms with Crippen LogP contribution in [0, 0.1) is 0 Å². The van der Waals surface area contributed by atoms with E-state index in [0.717, 1.165) is 12.8 Å². The topological polar surface area (TPSA) is 64.3 Å². The molecule has 0 aromatic carbocycles. The third kappa shape index (κ3) is 4.34. The molecule has 1 amide bonds. The Balaban J connectivity index is 2.47. The lowest BCUT2D eigenvalue weighted by molar-refractivity contribution is 0.0450. The number of ether oxygens (including phenoxy) is 1. The van der Waals surface area contributed by atoms with E-state index in [2.05, 4.69) is 11.4 Å². The van der Waals surface area contributed by atoms with Gasteiger partial charge in [-0.1, -0.05) is 12.2 Å². The highest BCUT2D eigenvalue weighted by Crippen LogP contribution is 2.18. The fourth-order valence-corrected chi connectivity index (χ4v) is 1.47. The monoisotopic (exact) mass is 212 g/mol. The Morgan fingerprint density at radius 3 is 2.60 bits per heavy atom. The average molecular weight is 212 g/mol. The number of carbonyl (C=O) groups excluding carboxylic acids is 1. The molecule has 0 saturated heterocycles. The maximum atomic E-state index is 11.5. The van der Waals surface area contributed by atoms with Crippen LogP contribution in [0.1, 0.15) is 40.0 Å². The molecule has 15 heavy (non-hydrogen) atoms. The zero-order valence-corrected chi connectivity index (χ0v) is 9.67. The van der Waals surface area contributed by atoms with Gasteiger partial charge < -0.3 is 15.8 Å². The fraction of sp³-hybridized carbons (Fsp3) is 0.727. The van der Waals surface area contributed by atoms with Crippen LogP contribution in [0.4, 0.5) is 4.79 Å². The largest absolute Gasteiger partial charge is 0.444 e. The number of amides is 1. The average Bonchev–Trinajstić information content (AvgIpc) is 1.99. The molecule has 0 aliphatic heterocycles. The summed E-state index contributed by atoms with van der Waals surface area (Å²) >= 11 is 0. The number of hydrogen-bond donors (Lipinski definition) is 2. The zero-order chi connectivity index (χ0) is 11.5. The van der Waals surface area contributed by atoms with Crippen LogP contribution in [0.3, 0.4) is 0 Å². The van der Waals surface area contributed by atoms with Crippen LogP contribution in [-0.2, 0) is 4.74 Å². The van der Waals surface area contributed by atoms with Gasteiger partial charge in [0.2, 0.25) is 0 Å². The molecule has 1 atom stereocenters. The van der Waals surface area contributed by atoms with Gasteiger partial charge in [-0.25, -0.2) is 4.79 Å². The van der Waals surface area contributed by atoms with E-state index in [-0.39, 0.29) is 0 Å². The molecule has 0 bridgehead atoms. The van der Waals surface area contributed by atoms with Crippen molar-refractivity contribution in [2.75, 3.05) is 0 Å². The minimum absolute atomic E-state index is 0.444. The summed E-state index contributed by atoms with van der Waals surface area (Å²) in [4.78, 5) is 11.5. The first kappa shape index (κ1) is 12.0. The van der Waals surface area contributed by atoms with Crippen LogP contribution in [0.5, 0.6) is 0 Å². The summed E-state index contributed by atoms with van der Waals surface area (Å²) in [6.07, 6.45) is 5.92. The number of rotatable bonds is 1. The van der Waals surface area contributed by atoms with Crippen molar-refractivity contribution in [3.63, 3.8) is 0 Å². The van der Waals surface area contributed by atoms with Gasteiger partial charge >= 0.3 is 6.09 Å². The van der Waals surface area contributed by atoms with E-state index < -0.39 is 17.4 Å². The molecule has 1 aliphatic carbocycles. The third-order valence-corrected chi connectivity index (χ3v) is 2.16. The number of hydrogen-bond acceptors (Lipinski definition) is 3.